The fourth-order valence-electron chi connectivity index (χ4n) is 2.24. The number of carbonyl (C=O) groups excluding carboxylic acids is 2. The molecule has 0 aliphatic rings. The highest BCUT2D eigenvalue weighted by Crippen LogP contribution is 2.17. The Morgan fingerprint density at radius 1 is 1.04 bits per heavy atom. The summed E-state index contributed by atoms with van der Waals surface area (Å²) < 4.78 is 4.67. The molecule has 3 rings (SSSR count). The van der Waals surface area contributed by atoms with Gasteiger partial charge in [-0.15, -0.1) is 0 Å². The standard InChI is InChI=1S/C19H15ClN4O3/c1-27-18(26)12-3-2-4-15(11-12)22-17(25)16-9-10-21-19(24-16)23-14-7-5-13(20)6-8-14/h2-11H,1H3,(H,22,25)(H,21,23,24). The third-order valence-corrected chi connectivity index (χ3v) is 3.78. The summed E-state index contributed by atoms with van der Waals surface area (Å²) in [5.41, 5.74) is 1.70. The van der Waals surface area contributed by atoms with E-state index in [9.17, 15) is 9.59 Å². The Labute approximate surface area is 160 Å². The summed E-state index contributed by atoms with van der Waals surface area (Å²) in [6.07, 6.45) is 1.48. The highest BCUT2D eigenvalue weighted by Gasteiger charge is 2.11. The van der Waals surface area contributed by atoms with Crippen molar-refractivity contribution in [3.8, 4) is 0 Å². The Hall–Kier alpha value is -3.45. The van der Waals surface area contributed by atoms with Crippen molar-refractivity contribution in [2.75, 3.05) is 17.7 Å². The molecule has 0 bridgehead atoms. The van der Waals surface area contributed by atoms with Crippen molar-refractivity contribution in [1.82, 2.24) is 9.97 Å². The quantitative estimate of drug-likeness (QED) is 0.650. The highest BCUT2D eigenvalue weighted by molar-refractivity contribution is 6.30. The van der Waals surface area contributed by atoms with Crippen molar-refractivity contribution in [2.24, 2.45) is 0 Å². The lowest BCUT2D eigenvalue weighted by atomic mass is 10.2. The van der Waals surface area contributed by atoms with E-state index in [2.05, 4.69) is 25.3 Å². The van der Waals surface area contributed by atoms with E-state index in [0.717, 1.165) is 5.69 Å². The maximum Gasteiger partial charge on any atom is 0.337 e. The molecule has 0 saturated heterocycles. The van der Waals surface area contributed by atoms with Gasteiger partial charge in [0.05, 0.1) is 12.7 Å². The van der Waals surface area contributed by atoms with Gasteiger partial charge in [0.25, 0.3) is 5.91 Å². The number of methoxy groups -OCH3 is 1. The molecule has 8 heteroatoms. The summed E-state index contributed by atoms with van der Waals surface area (Å²) in [4.78, 5) is 32.3. The van der Waals surface area contributed by atoms with Crippen LogP contribution in [-0.2, 0) is 4.74 Å². The van der Waals surface area contributed by atoms with Crippen molar-refractivity contribution in [3.05, 3.63) is 77.1 Å². The molecule has 7 nitrogen and oxygen atoms in total. The predicted molar refractivity (Wildman–Crippen MR) is 103 cm³/mol. The van der Waals surface area contributed by atoms with Crippen LogP contribution in [0.2, 0.25) is 5.02 Å². The second-order valence-corrected chi connectivity index (χ2v) is 5.86. The maximum absolute atomic E-state index is 12.5. The van der Waals surface area contributed by atoms with E-state index in [4.69, 9.17) is 11.6 Å². The molecule has 136 valence electrons. The van der Waals surface area contributed by atoms with Crippen molar-refractivity contribution in [2.45, 2.75) is 0 Å². The minimum Gasteiger partial charge on any atom is -0.465 e. The number of ether oxygens (including phenoxy) is 1. The Morgan fingerprint density at radius 2 is 1.81 bits per heavy atom. The number of rotatable bonds is 5. The molecule has 0 aliphatic heterocycles. The summed E-state index contributed by atoms with van der Waals surface area (Å²) in [6.45, 7) is 0. The largest absolute Gasteiger partial charge is 0.465 e. The first-order chi connectivity index (χ1) is 13.0. The van der Waals surface area contributed by atoms with Crippen LogP contribution in [0.15, 0.2) is 60.8 Å². The molecule has 2 aromatic carbocycles. The minimum atomic E-state index is -0.484. The Morgan fingerprint density at radius 3 is 2.56 bits per heavy atom. The molecule has 3 aromatic rings. The molecule has 27 heavy (non-hydrogen) atoms. The van der Waals surface area contributed by atoms with Crippen LogP contribution in [0.25, 0.3) is 0 Å². The number of amides is 1. The van der Waals surface area contributed by atoms with E-state index in [1.807, 2.05) is 0 Å². The zero-order valence-corrected chi connectivity index (χ0v) is 15.0. The SMILES string of the molecule is COC(=O)c1cccc(NC(=O)c2ccnc(Nc3ccc(Cl)cc3)n2)c1. The monoisotopic (exact) mass is 382 g/mol. The van der Waals surface area contributed by atoms with E-state index >= 15 is 0 Å². The summed E-state index contributed by atoms with van der Waals surface area (Å²) in [6, 6.07) is 14.9. The molecule has 0 radical (unpaired) electrons. The second kappa shape index (κ2) is 8.29. The molecule has 0 atom stereocenters. The van der Waals surface area contributed by atoms with Crippen molar-refractivity contribution in [1.29, 1.82) is 0 Å². The zero-order chi connectivity index (χ0) is 19.2. The lowest BCUT2D eigenvalue weighted by Crippen LogP contribution is -2.15. The molecule has 1 amide bonds. The van der Waals surface area contributed by atoms with Gasteiger partial charge in [0.15, 0.2) is 0 Å². The molecular weight excluding hydrogens is 368 g/mol. The lowest BCUT2D eigenvalue weighted by Gasteiger charge is -2.08. The molecule has 0 aliphatic carbocycles. The number of esters is 1. The zero-order valence-electron chi connectivity index (χ0n) is 14.3. The van der Waals surface area contributed by atoms with Gasteiger partial charge in [-0.1, -0.05) is 17.7 Å². The van der Waals surface area contributed by atoms with Crippen LogP contribution in [-0.4, -0.2) is 29.0 Å². The number of carbonyl (C=O) groups is 2. The van der Waals surface area contributed by atoms with Crippen molar-refractivity contribution >= 4 is 40.8 Å². The van der Waals surface area contributed by atoms with E-state index < -0.39 is 11.9 Å². The predicted octanol–water partition coefficient (Wildman–Crippen LogP) is 3.91. The fraction of sp³-hybridized carbons (Fsp3) is 0.0526. The summed E-state index contributed by atoms with van der Waals surface area (Å²) >= 11 is 5.86. The number of aromatic nitrogens is 2. The van der Waals surface area contributed by atoms with Gasteiger partial charge in [0, 0.05) is 22.6 Å². The Bertz CT molecular complexity index is 977. The van der Waals surface area contributed by atoms with Gasteiger partial charge < -0.3 is 15.4 Å². The van der Waals surface area contributed by atoms with Crippen molar-refractivity contribution < 1.29 is 14.3 Å². The molecular formula is C19H15ClN4O3. The van der Waals surface area contributed by atoms with E-state index in [1.54, 1.807) is 42.5 Å². The number of benzene rings is 2. The van der Waals surface area contributed by atoms with Gasteiger partial charge in [0.2, 0.25) is 5.95 Å². The smallest absolute Gasteiger partial charge is 0.337 e. The summed E-state index contributed by atoms with van der Waals surface area (Å²) in [5.74, 6) is -0.644. The summed E-state index contributed by atoms with van der Waals surface area (Å²) in [7, 11) is 1.30. The van der Waals surface area contributed by atoms with Crippen LogP contribution < -0.4 is 10.6 Å². The number of halogens is 1. The average Bonchev–Trinajstić information content (AvgIpc) is 2.69. The molecule has 1 aromatic heterocycles. The van der Waals surface area contributed by atoms with Crippen LogP contribution >= 0.6 is 11.6 Å². The van der Waals surface area contributed by atoms with Gasteiger partial charge in [-0.2, -0.15) is 0 Å². The van der Waals surface area contributed by atoms with Crippen LogP contribution in [0.3, 0.4) is 0 Å². The third kappa shape index (κ3) is 4.80. The molecule has 1 heterocycles. The number of hydrogen-bond donors (Lipinski definition) is 2. The number of nitrogens with one attached hydrogen (secondary N) is 2. The first-order valence-corrected chi connectivity index (χ1v) is 8.28. The first-order valence-electron chi connectivity index (χ1n) is 7.90. The first kappa shape index (κ1) is 18.3. The maximum atomic E-state index is 12.5. The number of hydrogen-bond acceptors (Lipinski definition) is 6. The van der Waals surface area contributed by atoms with Gasteiger partial charge in [0.1, 0.15) is 5.69 Å². The Balaban J connectivity index is 1.73. The van der Waals surface area contributed by atoms with Crippen LogP contribution in [0.4, 0.5) is 17.3 Å². The second-order valence-electron chi connectivity index (χ2n) is 5.42. The van der Waals surface area contributed by atoms with Gasteiger partial charge in [-0.25, -0.2) is 14.8 Å². The van der Waals surface area contributed by atoms with E-state index in [0.29, 0.717) is 16.3 Å². The van der Waals surface area contributed by atoms with Gasteiger partial charge in [-0.05, 0) is 48.5 Å². The molecule has 0 saturated carbocycles. The molecule has 0 fully saturated rings. The van der Waals surface area contributed by atoms with Gasteiger partial charge in [-0.3, -0.25) is 4.79 Å². The summed E-state index contributed by atoms with van der Waals surface area (Å²) in [5, 5.41) is 6.31. The van der Waals surface area contributed by atoms with Crippen LogP contribution in [0.5, 0.6) is 0 Å². The lowest BCUT2D eigenvalue weighted by molar-refractivity contribution is 0.0600. The van der Waals surface area contributed by atoms with Crippen molar-refractivity contribution in [3.63, 3.8) is 0 Å². The average molecular weight is 383 g/mol. The fourth-order valence-corrected chi connectivity index (χ4v) is 2.37. The van der Waals surface area contributed by atoms with E-state index in [1.165, 1.54) is 25.4 Å². The Kier molecular flexibility index (Phi) is 5.63. The minimum absolute atomic E-state index is 0.171. The molecule has 2 N–H and O–H groups in total. The highest BCUT2D eigenvalue weighted by atomic mass is 35.5. The van der Waals surface area contributed by atoms with Gasteiger partial charge >= 0.3 is 5.97 Å². The normalized spacial score (nSPS) is 10.1. The van der Waals surface area contributed by atoms with Crippen LogP contribution in [0.1, 0.15) is 20.8 Å². The number of nitrogens with zero attached hydrogens (tertiary/aromatic N) is 2. The van der Waals surface area contributed by atoms with E-state index in [-0.39, 0.29) is 11.6 Å². The molecule has 0 spiro atoms. The molecule has 0 unspecified atom stereocenters. The third-order valence-electron chi connectivity index (χ3n) is 3.53. The number of anilines is 3. The van der Waals surface area contributed by atoms with Crippen LogP contribution in [0, 0.1) is 0 Å². The topological polar surface area (TPSA) is 93.2 Å².